The molecule has 0 aliphatic heterocycles. The minimum Gasteiger partial charge on any atom is -0.352 e. The van der Waals surface area contributed by atoms with Crippen LogP contribution in [0.4, 0.5) is 5.69 Å². The molecule has 3 aromatic rings. The monoisotopic (exact) mass is 385 g/mol. The first-order valence-electron chi connectivity index (χ1n) is 9.22. The smallest absolute Gasteiger partial charge is 0.171 e. The average molecular weight is 386 g/mol. The minimum atomic E-state index is -0.0420. The van der Waals surface area contributed by atoms with Crippen molar-refractivity contribution in [3.8, 4) is 6.07 Å². The van der Waals surface area contributed by atoms with Gasteiger partial charge in [-0.1, -0.05) is 66.2 Å². The maximum absolute atomic E-state index is 8.79. The molecule has 0 unspecified atom stereocenters. The lowest BCUT2D eigenvalue weighted by atomic mass is 9.94. The third-order valence-electron chi connectivity index (χ3n) is 4.64. The van der Waals surface area contributed by atoms with Gasteiger partial charge in [0.2, 0.25) is 0 Å². The molecule has 1 atom stereocenters. The van der Waals surface area contributed by atoms with Crippen LogP contribution in [0.5, 0.6) is 0 Å². The lowest BCUT2D eigenvalue weighted by Gasteiger charge is -2.24. The van der Waals surface area contributed by atoms with Crippen LogP contribution in [0.3, 0.4) is 0 Å². The van der Waals surface area contributed by atoms with Crippen LogP contribution in [0, 0.1) is 25.2 Å². The first kappa shape index (κ1) is 19.6. The van der Waals surface area contributed by atoms with Gasteiger partial charge in [0, 0.05) is 5.69 Å². The molecule has 0 fully saturated rings. The Morgan fingerprint density at radius 3 is 2.36 bits per heavy atom. The van der Waals surface area contributed by atoms with Crippen LogP contribution in [0.1, 0.15) is 33.9 Å². The standard InChI is InChI=1S/C24H23N3S/c1-17-8-13-22(18(2)16-17)23(20-6-4-3-5-7-20)27-24(28)26-21-11-9-19(10-12-21)14-15-25/h3-13,16,23H,14H2,1-2H3,(H2,26,27,28)/t23-/m1/s1. The quantitative estimate of drug-likeness (QED) is 0.574. The zero-order chi connectivity index (χ0) is 19.9. The van der Waals surface area contributed by atoms with Crippen LogP contribution in [-0.2, 0) is 6.42 Å². The van der Waals surface area contributed by atoms with Gasteiger partial charge in [-0.3, -0.25) is 0 Å². The van der Waals surface area contributed by atoms with Gasteiger partial charge in [0.25, 0.3) is 0 Å². The Morgan fingerprint density at radius 1 is 1.00 bits per heavy atom. The maximum Gasteiger partial charge on any atom is 0.171 e. The van der Waals surface area contributed by atoms with Crippen molar-refractivity contribution in [3.05, 3.63) is 101 Å². The van der Waals surface area contributed by atoms with Crippen molar-refractivity contribution in [2.45, 2.75) is 26.3 Å². The Labute approximate surface area is 172 Å². The molecule has 2 N–H and O–H groups in total. The molecule has 3 aromatic carbocycles. The Hall–Kier alpha value is -3.16. The molecule has 0 amide bonds. The van der Waals surface area contributed by atoms with Crippen LogP contribution in [0.25, 0.3) is 0 Å². The van der Waals surface area contributed by atoms with E-state index in [1.54, 1.807) is 0 Å². The summed E-state index contributed by atoms with van der Waals surface area (Å²) in [7, 11) is 0. The maximum atomic E-state index is 8.79. The fourth-order valence-electron chi connectivity index (χ4n) is 3.23. The second kappa shape index (κ2) is 9.16. The summed E-state index contributed by atoms with van der Waals surface area (Å²) in [6.45, 7) is 4.23. The van der Waals surface area contributed by atoms with Gasteiger partial charge in [0.1, 0.15) is 0 Å². The molecule has 0 saturated heterocycles. The van der Waals surface area contributed by atoms with Crippen molar-refractivity contribution in [2.75, 3.05) is 5.32 Å². The van der Waals surface area contributed by atoms with Gasteiger partial charge in [-0.2, -0.15) is 5.26 Å². The summed E-state index contributed by atoms with van der Waals surface area (Å²) in [6.07, 6.45) is 0.408. The molecule has 0 heterocycles. The van der Waals surface area contributed by atoms with Gasteiger partial charge in [0.15, 0.2) is 5.11 Å². The molecular weight excluding hydrogens is 362 g/mol. The van der Waals surface area contributed by atoms with Gasteiger partial charge < -0.3 is 10.6 Å². The number of hydrogen-bond donors (Lipinski definition) is 2. The Balaban J connectivity index is 1.81. The number of nitriles is 1. The zero-order valence-electron chi connectivity index (χ0n) is 16.1. The predicted octanol–water partition coefficient (Wildman–Crippen LogP) is 5.45. The molecule has 0 aliphatic rings. The Morgan fingerprint density at radius 2 is 1.71 bits per heavy atom. The number of nitrogens with zero attached hydrogens (tertiary/aromatic N) is 1. The molecule has 3 rings (SSSR count). The van der Waals surface area contributed by atoms with E-state index in [2.05, 4.69) is 60.9 Å². The number of hydrogen-bond acceptors (Lipinski definition) is 2. The third kappa shape index (κ3) is 4.97. The molecule has 28 heavy (non-hydrogen) atoms. The fraction of sp³-hybridized carbons (Fsp3) is 0.167. The van der Waals surface area contributed by atoms with E-state index in [0.717, 1.165) is 16.8 Å². The molecule has 140 valence electrons. The molecule has 0 saturated carbocycles. The SMILES string of the molecule is Cc1ccc([C@H](NC(=S)Nc2ccc(CC#N)cc2)c2ccccc2)c(C)c1. The predicted molar refractivity (Wildman–Crippen MR) is 119 cm³/mol. The van der Waals surface area contributed by atoms with Crippen LogP contribution in [0.15, 0.2) is 72.8 Å². The van der Waals surface area contributed by atoms with Gasteiger partial charge in [-0.05, 0) is 60.5 Å². The van der Waals surface area contributed by atoms with Crippen LogP contribution in [-0.4, -0.2) is 5.11 Å². The summed E-state index contributed by atoms with van der Waals surface area (Å²) < 4.78 is 0. The Bertz CT molecular complexity index is 989. The highest BCUT2D eigenvalue weighted by molar-refractivity contribution is 7.80. The van der Waals surface area contributed by atoms with Crippen molar-refractivity contribution >= 4 is 23.0 Å². The topological polar surface area (TPSA) is 47.8 Å². The first-order valence-corrected chi connectivity index (χ1v) is 9.63. The number of anilines is 1. The highest BCUT2D eigenvalue weighted by atomic mass is 32.1. The summed E-state index contributed by atoms with van der Waals surface area (Å²) in [5.74, 6) is 0. The minimum absolute atomic E-state index is 0.0420. The van der Waals surface area contributed by atoms with E-state index in [1.165, 1.54) is 16.7 Å². The lowest BCUT2D eigenvalue weighted by molar-refractivity contribution is 0.762. The molecule has 0 radical (unpaired) electrons. The van der Waals surface area contributed by atoms with E-state index in [-0.39, 0.29) is 6.04 Å². The summed E-state index contributed by atoms with van der Waals surface area (Å²) in [5.41, 5.74) is 6.71. The molecule has 4 heteroatoms. The van der Waals surface area contributed by atoms with E-state index < -0.39 is 0 Å². The van der Waals surface area contributed by atoms with Crippen molar-refractivity contribution in [2.24, 2.45) is 0 Å². The van der Waals surface area contributed by atoms with Gasteiger partial charge in [0.05, 0.1) is 18.5 Å². The lowest BCUT2D eigenvalue weighted by Crippen LogP contribution is -2.33. The largest absolute Gasteiger partial charge is 0.352 e. The van der Waals surface area contributed by atoms with Gasteiger partial charge in [-0.25, -0.2) is 0 Å². The molecule has 0 spiro atoms. The summed E-state index contributed by atoms with van der Waals surface area (Å²) in [4.78, 5) is 0. The third-order valence-corrected chi connectivity index (χ3v) is 4.86. The number of benzene rings is 3. The van der Waals surface area contributed by atoms with Crippen molar-refractivity contribution in [1.82, 2.24) is 5.32 Å². The second-order valence-electron chi connectivity index (χ2n) is 6.83. The van der Waals surface area contributed by atoms with Crippen LogP contribution < -0.4 is 10.6 Å². The number of nitrogens with one attached hydrogen (secondary N) is 2. The molecule has 3 nitrogen and oxygen atoms in total. The number of rotatable bonds is 5. The van der Waals surface area contributed by atoms with Crippen LogP contribution >= 0.6 is 12.2 Å². The number of thiocarbonyl (C=S) groups is 1. The normalized spacial score (nSPS) is 11.3. The molecule has 0 aliphatic carbocycles. The van der Waals surface area contributed by atoms with Gasteiger partial charge in [-0.15, -0.1) is 0 Å². The van der Waals surface area contributed by atoms with Crippen LogP contribution in [0.2, 0.25) is 0 Å². The van der Waals surface area contributed by atoms with Crippen molar-refractivity contribution in [3.63, 3.8) is 0 Å². The molecule has 0 aromatic heterocycles. The summed E-state index contributed by atoms with van der Waals surface area (Å²) >= 11 is 5.59. The molecule has 0 bridgehead atoms. The summed E-state index contributed by atoms with van der Waals surface area (Å²) in [5, 5.41) is 16.1. The van der Waals surface area contributed by atoms with E-state index in [4.69, 9.17) is 17.5 Å². The van der Waals surface area contributed by atoms with Crippen molar-refractivity contribution < 1.29 is 0 Å². The number of aryl methyl sites for hydroxylation is 2. The average Bonchev–Trinajstić information content (AvgIpc) is 2.69. The van der Waals surface area contributed by atoms with E-state index in [0.29, 0.717) is 11.5 Å². The van der Waals surface area contributed by atoms with E-state index in [9.17, 15) is 0 Å². The Kier molecular flexibility index (Phi) is 6.41. The zero-order valence-corrected chi connectivity index (χ0v) is 16.9. The van der Waals surface area contributed by atoms with Crippen molar-refractivity contribution in [1.29, 1.82) is 5.26 Å². The highest BCUT2D eigenvalue weighted by Gasteiger charge is 2.17. The fourth-order valence-corrected chi connectivity index (χ4v) is 3.47. The highest BCUT2D eigenvalue weighted by Crippen LogP contribution is 2.26. The van der Waals surface area contributed by atoms with Gasteiger partial charge >= 0.3 is 0 Å². The second-order valence-corrected chi connectivity index (χ2v) is 7.24. The molecular formula is C24H23N3S. The van der Waals surface area contributed by atoms with E-state index >= 15 is 0 Å². The first-order chi connectivity index (χ1) is 13.6. The summed E-state index contributed by atoms with van der Waals surface area (Å²) in [6, 6.07) is 26.7. The van der Waals surface area contributed by atoms with E-state index in [1.807, 2.05) is 42.5 Å².